The van der Waals surface area contributed by atoms with Gasteiger partial charge >= 0.3 is 0 Å². The van der Waals surface area contributed by atoms with Gasteiger partial charge in [0.1, 0.15) is 0 Å². The number of hydrogen-bond donors (Lipinski definition) is 1. The van der Waals surface area contributed by atoms with Crippen LogP contribution < -0.4 is 5.32 Å². The first kappa shape index (κ1) is 13.6. The van der Waals surface area contributed by atoms with Gasteiger partial charge in [-0.3, -0.25) is 9.97 Å². The third kappa shape index (κ3) is 4.93. The molecule has 0 saturated heterocycles. The normalized spacial score (nSPS) is 9.65. The van der Waals surface area contributed by atoms with E-state index in [1.165, 1.54) is 5.56 Å². The number of hydrogen-bond acceptors (Lipinski definition) is 3. The van der Waals surface area contributed by atoms with Crippen molar-refractivity contribution in [1.29, 1.82) is 0 Å². The highest BCUT2D eigenvalue weighted by atomic mass is 35.5. The summed E-state index contributed by atoms with van der Waals surface area (Å²) in [6, 6.07) is 10.1. The molecule has 0 aliphatic carbocycles. The fourth-order valence-corrected chi connectivity index (χ4v) is 1.50. The van der Waals surface area contributed by atoms with Gasteiger partial charge in [0.15, 0.2) is 0 Å². The van der Waals surface area contributed by atoms with Crippen molar-refractivity contribution < 1.29 is 0 Å². The molecule has 0 bridgehead atoms. The van der Waals surface area contributed by atoms with Crippen LogP contribution in [0.5, 0.6) is 0 Å². The van der Waals surface area contributed by atoms with Crippen LogP contribution in [0.3, 0.4) is 0 Å². The number of nitrogens with one attached hydrogen (secondary N) is 1. The standard InChI is InChI=1S/C13H15N3.ClH/c1-2-7-16-13(3-1)6-10-15-11-12-4-8-14-9-5-12;/h1-5,7-9,15H,6,10-11H2;1H. The summed E-state index contributed by atoms with van der Waals surface area (Å²) in [5, 5.41) is 3.38. The highest BCUT2D eigenvalue weighted by Crippen LogP contribution is 1.96. The minimum absolute atomic E-state index is 0. The average Bonchev–Trinajstić information content (AvgIpc) is 2.37. The van der Waals surface area contributed by atoms with E-state index >= 15 is 0 Å². The zero-order valence-electron chi connectivity index (χ0n) is 9.54. The molecule has 0 aliphatic heterocycles. The van der Waals surface area contributed by atoms with Gasteiger partial charge in [0.05, 0.1) is 0 Å². The van der Waals surface area contributed by atoms with Gasteiger partial charge in [-0.15, -0.1) is 12.4 Å². The molecule has 0 unspecified atom stereocenters. The zero-order valence-corrected chi connectivity index (χ0v) is 10.4. The fourth-order valence-electron chi connectivity index (χ4n) is 1.50. The van der Waals surface area contributed by atoms with Crippen LogP contribution in [0.4, 0.5) is 0 Å². The first-order valence-corrected chi connectivity index (χ1v) is 5.45. The monoisotopic (exact) mass is 249 g/mol. The van der Waals surface area contributed by atoms with Crippen LogP contribution >= 0.6 is 12.4 Å². The molecule has 0 fully saturated rings. The number of pyridine rings is 2. The van der Waals surface area contributed by atoms with Crippen molar-refractivity contribution in [3.05, 3.63) is 60.2 Å². The predicted octanol–water partition coefficient (Wildman–Crippen LogP) is 2.23. The second-order valence-corrected chi connectivity index (χ2v) is 3.60. The van der Waals surface area contributed by atoms with Crippen molar-refractivity contribution >= 4 is 12.4 Å². The summed E-state index contributed by atoms with van der Waals surface area (Å²) in [5.41, 5.74) is 2.39. The lowest BCUT2D eigenvalue weighted by Crippen LogP contribution is -2.17. The number of nitrogens with zero attached hydrogens (tertiary/aromatic N) is 2. The molecule has 0 aromatic carbocycles. The van der Waals surface area contributed by atoms with Gasteiger partial charge in [-0.2, -0.15) is 0 Å². The number of halogens is 1. The Morgan fingerprint density at radius 2 is 1.82 bits per heavy atom. The van der Waals surface area contributed by atoms with Gasteiger partial charge in [-0.1, -0.05) is 6.07 Å². The number of aromatic nitrogens is 2. The van der Waals surface area contributed by atoms with Gasteiger partial charge in [0.2, 0.25) is 0 Å². The van der Waals surface area contributed by atoms with E-state index in [1.807, 2.05) is 48.9 Å². The van der Waals surface area contributed by atoms with Gasteiger partial charge < -0.3 is 5.32 Å². The van der Waals surface area contributed by atoms with E-state index < -0.39 is 0 Å². The molecule has 90 valence electrons. The van der Waals surface area contributed by atoms with Crippen LogP contribution in [0.15, 0.2) is 48.9 Å². The Balaban J connectivity index is 0.00000144. The largest absolute Gasteiger partial charge is 0.312 e. The van der Waals surface area contributed by atoms with Crippen LogP contribution in [0.25, 0.3) is 0 Å². The van der Waals surface area contributed by atoms with E-state index in [4.69, 9.17) is 0 Å². The molecule has 1 N–H and O–H groups in total. The molecule has 17 heavy (non-hydrogen) atoms. The molecule has 0 amide bonds. The lowest BCUT2D eigenvalue weighted by Gasteiger charge is -2.04. The van der Waals surface area contributed by atoms with E-state index in [1.54, 1.807) is 0 Å². The summed E-state index contributed by atoms with van der Waals surface area (Å²) >= 11 is 0. The van der Waals surface area contributed by atoms with Crippen molar-refractivity contribution in [2.24, 2.45) is 0 Å². The van der Waals surface area contributed by atoms with Crippen molar-refractivity contribution in [3.63, 3.8) is 0 Å². The van der Waals surface area contributed by atoms with Gasteiger partial charge in [-0.25, -0.2) is 0 Å². The Hall–Kier alpha value is -1.45. The Morgan fingerprint density at radius 1 is 1.00 bits per heavy atom. The second-order valence-electron chi connectivity index (χ2n) is 3.60. The van der Waals surface area contributed by atoms with E-state index in [9.17, 15) is 0 Å². The molecule has 2 heterocycles. The minimum atomic E-state index is 0. The summed E-state index contributed by atoms with van der Waals surface area (Å²) in [6.45, 7) is 1.83. The maximum atomic E-state index is 4.27. The SMILES string of the molecule is Cl.c1ccc(CCNCc2ccncc2)nc1. The van der Waals surface area contributed by atoms with Crippen LogP contribution in [-0.4, -0.2) is 16.5 Å². The number of rotatable bonds is 5. The van der Waals surface area contributed by atoms with Crippen LogP contribution in [0.1, 0.15) is 11.3 Å². The molecule has 0 saturated carbocycles. The van der Waals surface area contributed by atoms with Gasteiger partial charge in [-0.05, 0) is 29.8 Å². The highest BCUT2D eigenvalue weighted by Gasteiger charge is 1.93. The topological polar surface area (TPSA) is 37.8 Å². The van der Waals surface area contributed by atoms with E-state index in [0.717, 1.165) is 25.2 Å². The van der Waals surface area contributed by atoms with Crippen molar-refractivity contribution in [3.8, 4) is 0 Å². The molecule has 3 nitrogen and oxygen atoms in total. The van der Waals surface area contributed by atoms with Crippen LogP contribution in [-0.2, 0) is 13.0 Å². The molecule has 2 aromatic rings. The minimum Gasteiger partial charge on any atom is -0.312 e. The van der Waals surface area contributed by atoms with E-state index in [-0.39, 0.29) is 12.4 Å². The summed E-state index contributed by atoms with van der Waals surface area (Å²) in [4.78, 5) is 8.26. The predicted molar refractivity (Wildman–Crippen MR) is 71.1 cm³/mol. The fraction of sp³-hybridized carbons (Fsp3) is 0.231. The summed E-state index contributed by atoms with van der Waals surface area (Å²) < 4.78 is 0. The molecule has 0 spiro atoms. The molecule has 4 heteroatoms. The van der Waals surface area contributed by atoms with Gasteiger partial charge in [0.25, 0.3) is 0 Å². The molecular weight excluding hydrogens is 234 g/mol. The lowest BCUT2D eigenvalue weighted by molar-refractivity contribution is 0.679. The van der Waals surface area contributed by atoms with Crippen molar-refractivity contribution in [2.45, 2.75) is 13.0 Å². The Kier molecular flexibility index (Phi) is 6.22. The first-order valence-electron chi connectivity index (χ1n) is 5.45. The molecule has 2 aromatic heterocycles. The summed E-state index contributed by atoms with van der Waals surface area (Å²) in [6.07, 6.45) is 6.43. The second kappa shape index (κ2) is 7.76. The molecule has 0 atom stereocenters. The smallest absolute Gasteiger partial charge is 0.0416 e. The van der Waals surface area contributed by atoms with Crippen molar-refractivity contribution in [1.82, 2.24) is 15.3 Å². The van der Waals surface area contributed by atoms with Gasteiger partial charge in [0, 0.05) is 43.8 Å². The van der Waals surface area contributed by atoms with E-state index in [0.29, 0.717) is 0 Å². The maximum Gasteiger partial charge on any atom is 0.0416 e. The molecule has 2 rings (SSSR count). The Bertz CT molecular complexity index is 364. The first-order chi connectivity index (χ1) is 7.95. The quantitative estimate of drug-likeness (QED) is 0.826. The van der Waals surface area contributed by atoms with E-state index in [2.05, 4.69) is 15.3 Å². The average molecular weight is 250 g/mol. The maximum absolute atomic E-state index is 4.27. The third-order valence-corrected chi connectivity index (χ3v) is 2.36. The van der Waals surface area contributed by atoms with Crippen LogP contribution in [0, 0.1) is 0 Å². The molecule has 0 radical (unpaired) electrons. The summed E-state index contributed by atoms with van der Waals surface area (Å²) in [5.74, 6) is 0. The highest BCUT2D eigenvalue weighted by molar-refractivity contribution is 5.85. The zero-order chi connectivity index (χ0) is 11.1. The molecule has 0 aliphatic rings. The lowest BCUT2D eigenvalue weighted by atomic mass is 10.2. The molecular formula is C13H16ClN3. The van der Waals surface area contributed by atoms with Crippen LogP contribution in [0.2, 0.25) is 0 Å². The summed E-state index contributed by atoms with van der Waals surface area (Å²) in [7, 11) is 0. The Labute approximate surface area is 108 Å². The Morgan fingerprint density at radius 3 is 2.53 bits per heavy atom. The third-order valence-electron chi connectivity index (χ3n) is 2.36. The van der Waals surface area contributed by atoms with Crippen molar-refractivity contribution in [2.75, 3.05) is 6.54 Å².